The first kappa shape index (κ1) is 17.9. The van der Waals surface area contributed by atoms with Gasteiger partial charge in [0.05, 0.1) is 22.6 Å². The van der Waals surface area contributed by atoms with Crippen LogP contribution in [0.3, 0.4) is 0 Å². The predicted molar refractivity (Wildman–Crippen MR) is 99.4 cm³/mol. The maximum atomic E-state index is 13.3. The molecule has 0 bridgehead atoms. The normalized spacial score (nSPS) is 20.9. The number of aromatic nitrogens is 2. The summed E-state index contributed by atoms with van der Waals surface area (Å²) in [5.41, 5.74) is 2.33. The molecular formula is C19H25N5O3. The summed E-state index contributed by atoms with van der Waals surface area (Å²) < 4.78 is 5.25. The van der Waals surface area contributed by atoms with E-state index < -0.39 is 0 Å². The molecule has 2 aliphatic heterocycles. The standard InChI is InChI=1S/C19H25N5O3/c1-12-10-15(16-13(2)22-27-17(16)21-12)19(26)24-7-3-4-14(11-24)18(25)23-8-5-20-6-9-23/h10,14,20H,3-9,11H2,1-2H3. The number of likely N-dealkylation sites (tertiary alicyclic amines) is 1. The van der Waals surface area contributed by atoms with Gasteiger partial charge < -0.3 is 19.6 Å². The third-order valence-electron chi connectivity index (χ3n) is 5.46. The number of carbonyl (C=O) groups is 2. The van der Waals surface area contributed by atoms with Crippen LogP contribution >= 0.6 is 0 Å². The number of piperidine rings is 1. The van der Waals surface area contributed by atoms with Gasteiger partial charge in [0.15, 0.2) is 0 Å². The van der Waals surface area contributed by atoms with Crippen molar-refractivity contribution in [2.75, 3.05) is 39.3 Å². The van der Waals surface area contributed by atoms with Crippen LogP contribution in [0.25, 0.3) is 11.1 Å². The van der Waals surface area contributed by atoms with Gasteiger partial charge in [-0.05, 0) is 32.8 Å². The van der Waals surface area contributed by atoms with Crippen LogP contribution in [0, 0.1) is 19.8 Å². The van der Waals surface area contributed by atoms with Crippen molar-refractivity contribution < 1.29 is 14.1 Å². The summed E-state index contributed by atoms with van der Waals surface area (Å²) in [5.74, 6) is -0.0244. The van der Waals surface area contributed by atoms with Crippen LogP contribution in [0.2, 0.25) is 0 Å². The van der Waals surface area contributed by atoms with Gasteiger partial charge in [0.1, 0.15) is 0 Å². The van der Waals surface area contributed by atoms with Gasteiger partial charge in [-0.3, -0.25) is 9.59 Å². The van der Waals surface area contributed by atoms with Gasteiger partial charge >= 0.3 is 0 Å². The smallest absolute Gasteiger partial charge is 0.258 e. The summed E-state index contributed by atoms with van der Waals surface area (Å²) in [6.45, 7) is 7.94. The third kappa shape index (κ3) is 3.41. The summed E-state index contributed by atoms with van der Waals surface area (Å²) in [5, 5.41) is 7.89. The molecule has 1 atom stereocenters. The second kappa shape index (κ2) is 7.26. The number of piperazine rings is 1. The molecule has 0 aliphatic carbocycles. The number of pyridine rings is 1. The molecule has 0 spiro atoms. The van der Waals surface area contributed by atoms with Crippen LogP contribution in [0.15, 0.2) is 10.6 Å². The SMILES string of the molecule is Cc1cc(C(=O)N2CCCC(C(=O)N3CCNCC3)C2)c2c(C)noc2n1. The fourth-order valence-corrected chi connectivity index (χ4v) is 4.06. The number of fused-ring (bicyclic) bond motifs is 1. The van der Waals surface area contributed by atoms with Crippen molar-refractivity contribution in [3.8, 4) is 0 Å². The zero-order valence-corrected chi connectivity index (χ0v) is 15.8. The van der Waals surface area contributed by atoms with E-state index in [1.54, 1.807) is 11.0 Å². The molecule has 2 fully saturated rings. The van der Waals surface area contributed by atoms with Crippen LogP contribution in [0.1, 0.15) is 34.6 Å². The van der Waals surface area contributed by atoms with Crippen molar-refractivity contribution in [2.24, 2.45) is 5.92 Å². The molecule has 2 saturated heterocycles. The van der Waals surface area contributed by atoms with E-state index >= 15 is 0 Å². The molecule has 1 N–H and O–H groups in total. The highest BCUT2D eigenvalue weighted by atomic mass is 16.5. The highest BCUT2D eigenvalue weighted by molar-refractivity contribution is 6.06. The highest BCUT2D eigenvalue weighted by Crippen LogP contribution is 2.26. The fraction of sp³-hybridized carbons (Fsp3) is 0.579. The number of aryl methyl sites for hydroxylation is 2. The van der Waals surface area contributed by atoms with Crippen molar-refractivity contribution in [1.82, 2.24) is 25.3 Å². The molecule has 27 heavy (non-hydrogen) atoms. The number of nitrogens with zero attached hydrogens (tertiary/aromatic N) is 4. The molecule has 2 aliphatic rings. The summed E-state index contributed by atoms with van der Waals surface area (Å²) in [6.07, 6.45) is 1.67. The average Bonchev–Trinajstić information content (AvgIpc) is 3.07. The molecule has 0 saturated carbocycles. The third-order valence-corrected chi connectivity index (χ3v) is 5.46. The van der Waals surface area contributed by atoms with Crippen LogP contribution in [0.5, 0.6) is 0 Å². The van der Waals surface area contributed by atoms with Crippen molar-refractivity contribution in [1.29, 1.82) is 0 Å². The van der Waals surface area contributed by atoms with Gasteiger partial charge in [-0.2, -0.15) is 0 Å². The Morgan fingerprint density at radius 3 is 2.74 bits per heavy atom. The van der Waals surface area contributed by atoms with Crippen LogP contribution in [-0.2, 0) is 4.79 Å². The Labute approximate surface area is 157 Å². The van der Waals surface area contributed by atoms with E-state index in [4.69, 9.17) is 4.52 Å². The second-order valence-corrected chi connectivity index (χ2v) is 7.42. The van der Waals surface area contributed by atoms with Crippen LogP contribution in [-0.4, -0.2) is 71.0 Å². The first-order valence-electron chi connectivity index (χ1n) is 9.57. The van der Waals surface area contributed by atoms with E-state index in [2.05, 4.69) is 15.5 Å². The number of carbonyl (C=O) groups excluding carboxylic acids is 2. The first-order chi connectivity index (χ1) is 13.0. The summed E-state index contributed by atoms with van der Waals surface area (Å²) >= 11 is 0. The Morgan fingerprint density at radius 1 is 1.19 bits per heavy atom. The number of hydrogen-bond donors (Lipinski definition) is 1. The predicted octanol–water partition coefficient (Wildman–Crippen LogP) is 1.12. The first-order valence-corrected chi connectivity index (χ1v) is 9.57. The average molecular weight is 371 g/mol. The Hall–Kier alpha value is -2.48. The summed E-state index contributed by atoms with van der Waals surface area (Å²) in [7, 11) is 0. The zero-order valence-electron chi connectivity index (χ0n) is 15.8. The lowest BCUT2D eigenvalue weighted by Gasteiger charge is -2.36. The molecule has 8 heteroatoms. The Morgan fingerprint density at radius 2 is 1.96 bits per heavy atom. The Balaban J connectivity index is 1.55. The molecular weight excluding hydrogens is 346 g/mol. The minimum atomic E-state index is -0.122. The second-order valence-electron chi connectivity index (χ2n) is 7.42. The van der Waals surface area contributed by atoms with Gasteiger partial charge in [-0.25, -0.2) is 4.98 Å². The topological polar surface area (TPSA) is 91.6 Å². The molecule has 4 rings (SSSR count). The molecule has 8 nitrogen and oxygen atoms in total. The van der Waals surface area contributed by atoms with E-state index in [1.807, 2.05) is 18.7 Å². The zero-order chi connectivity index (χ0) is 19.0. The molecule has 144 valence electrons. The van der Waals surface area contributed by atoms with Gasteiger partial charge in [0.2, 0.25) is 5.91 Å². The van der Waals surface area contributed by atoms with E-state index in [0.29, 0.717) is 41.1 Å². The van der Waals surface area contributed by atoms with Crippen molar-refractivity contribution in [3.63, 3.8) is 0 Å². The molecule has 2 aromatic rings. The molecule has 0 aromatic carbocycles. The number of hydrogen-bond acceptors (Lipinski definition) is 6. The number of nitrogens with one attached hydrogen (secondary N) is 1. The Kier molecular flexibility index (Phi) is 4.82. The number of amides is 2. The van der Waals surface area contributed by atoms with E-state index in [1.165, 1.54) is 0 Å². The van der Waals surface area contributed by atoms with Gasteiger partial charge in [0.25, 0.3) is 11.6 Å². The molecule has 1 unspecified atom stereocenters. The highest BCUT2D eigenvalue weighted by Gasteiger charge is 2.33. The van der Waals surface area contributed by atoms with E-state index in [-0.39, 0.29) is 17.7 Å². The molecule has 2 amide bonds. The van der Waals surface area contributed by atoms with E-state index in [0.717, 1.165) is 39.0 Å². The lowest BCUT2D eigenvalue weighted by Crippen LogP contribution is -2.52. The van der Waals surface area contributed by atoms with Crippen LogP contribution in [0.4, 0.5) is 0 Å². The summed E-state index contributed by atoms with van der Waals surface area (Å²) in [6, 6.07) is 1.79. The van der Waals surface area contributed by atoms with Gasteiger partial charge in [0, 0.05) is 45.0 Å². The monoisotopic (exact) mass is 371 g/mol. The van der Waals surface area contributed by atoms with E-state index in [9.17, 15) is 9.59 Å². The Bertz CT molecular complexity index is 872. The maximum Gasteiger partial charge on any atom is 0.258 e. The maximum absolute atomic E-state index is 13.3. The molecule has 4 heterocycles. The van der Waals surface area contributed by atoms with Crippen LogP contribution < -0.4 is 5.32 Å². The lowest BCUT2D eigenvalue weighted by molar-refractivity contribution is -0.137. The quantitative estimate of drug-likeness (QED) is 0.851. The molecule has 2 aromatic heterocycles. The van der Waals surface area contributed by atoms with Crippen molar-refractivity contribution >= 4 is 22.9 Å². The fourth-order valence-electron chi connectivity index (χ4n) is 4.06. The van der Waals surface area contributed by atoms with Gasteiger partial charge in [-0.15, -0.1) is 0 Å². The molecule has 0 radical (unpaired) electrons. The largest absolute Gasteiger partial charge is 0.340 e. The van der Waals surface area contributed by atoms with Crippen molar-refractivity contribution in [3.05, 3.63) is 23.0 Å². The number of rotatable bonds is 2. The van der Waals surface area contributed by atoms with Crippen molar-refractivity contribution in [2.45, 2.75) is 26.7 Å². The summed E-state index contributed by atoms with van der Waals surface area (Å²) in [4.78, 5) is 34.2. The lowest BCUT2D eigenvalue weighted by atomic mass is 9.95. The minimum Gasteiger partial charge on any atom is -0.340 e. The minimum absolute atomic E-state index is 0.0744. The van der Waals surface area contributed by atoms with Gasteiger partial charge in [-0.1, -0.05) is 5.16 Å².